The summed E-state index contributed by atoms with van der Waals surface area (Å²) in [7, 11) is 0. The SMILES string of the molecule is CCCCC(N)C1CCCS1. The number of hydrogen-bond acceptors (Lipinski definition) is 2. The Morgan fingerprint density at radius 2 is 2.45 bits per heavy atom. The van der Waals surface area contributed by atoms with Gasteiger partial charge in [0.2, 0.25) is 0 Å². The van der Waals surface area contributed by atoms with Gasteiger partial charge < -0.3 is 5.73 Å². The van der Waals surface area contributed by atoms with E-state index in [1.54, 1.807) is 0 Å². The Kier molecular flexibility index (Phi) is 4.31. The van der Waals surface area contributed by atoms with E-state index in [2.05, 4.69) is 18.7 Å². The van der Waals surface area contributed by atoms with Gasteiger partial charge in [0.05, 0.1) is 0 Å². The first-order chi connectivity index (χ1) is 5.34. The second-order valence-corrected chi connectivity index (χ2v) is 4.70. The first kappa shape index (κ1) is 9.40. The van der Waals surface area contributed by atoms with Crippen LogP contribution in [0.1, 0.15) is 39.0 Å². The van der Waals surface area contributed by atoms with Crippen molar-refractivity contribution in [2.75, 3.05) is 5.75 Å². The molecule has 2 atom stereocenters. The zero-order chi connectivity index (χ0) is 8.10. The number of hydrogen-bond donors (Lipinski definition) is 1. The average Bonchev–Trinajstić information content (AvgIpc) is 2.52. The molecule has 0 spiro atoms. The van der Waals surface area contributed by atoms with Crippen LogP contribution in [0.15, 0.2) is 0 Å². The minimum absolute atomic E-state index is 0.474. The summed E-state index contributed by atoms with van der Waals surface area (Å²) in [6, 6.07) is 0.474. The van der Waals surface area contributed by atoms with E-state index < -0.39 is 0 Å². The van der Waals surface area contributed by atoms with E-state index in [0.717, 1.165) is 5.25 Å². The molecule has 66 valence electrons. The van der Waals surface area contributed by atoms with Crippen molar-refractivity contribution in [1.82, 2.24) is 0 Å². The maximum absolute atomic E-state index is 6.04. The van der Waals surface area contributed by atoms with Crippen LogP contribution in [0.25, 0.3) is 0 Å². The molecule has 0 aromatic rings. The van der Waals surface area contributed by atoms with Gasteiger partial charge in [0.1, 0.15) is 0 Å². The van der Waals surface area contributed by atoms with E-state index in [-0.39, 0.29) is 0 Å². The van der Waals surface area contributed by atoms with Gasteiger partial charge in [0.25, 0.3) is 0 Å². The maximum atomic E-state index is 6.04. The van der Waals surface area contributed by atoms with Crippen molar-refractivity contribution >= 4 is 11.8 Å². The smallest absolute Gasteiger partial charge is 0.0199 e. The molecule has 1 heterocycles. The highest BCUT2D eigenvalue weighted by molar-refractivity contribution is 8.00. The summed E-state index contributed by atoms with van der Waals surface area (Å²) in [5.74, 6) is 1.34. The number of rotatable bonds is 4. The molecule has 1 aliphatic heterocycles. The average molecular weight is 173 g/mol. The highest BCUT2D eigenvalue weighted by Gasteiger charge is 2.21. The molecule has 0 aromatic carbocycles. The first-order valence-electron chi connectivity index (χ1n) is 4.71. The summed E-state index contributed by atoms with van der Waals surface area (Å²) in [4.78, 5) is 0. The Labute approximate surface area is 74.1 Å². The van der Waals surface area contributed by atoms with Crippen molar-refractivity contribution in [3.05, 3.63) is 0 Å². The third kappa shape index (κ3) is 3.04. The zero-order valence-corrected chi connectivity index (χ0v) is 8.20. The zero-order valence-electron chi connectivity index (χ0n) is 7.38. The second-order valence-electron chi connectivity index (χ2n) is 3.36. The normalized spacial score (nSPS) is 27.3. The molecule has 1 aliphatic rings. The van der Waals surface area contributed by atoms with Gasteiger partial charge in [-0.3, -0.25) is 0 Å². The number of thioether (sulfide) groups is 1. The molecule has 0 aliphatic carbocycles. The van der Waals surface area contributed by atoms with Crippen molar-refractivity contribution in [1.29, 1.82) is 0 Å². The Morgan fingerprint density at radius 1 is 1.64 bits per heavy atom. The highest BCUT2D eigenvalue weighted by atomic mass is 32.2. The fourth-order valence-corrected chi connectivity index (χ4v) is 2.92. The summed E-state index contributed by atoms with van der Waals surface area (Å²) in [5.41, 5.74) is 6.04. The van der Waals surface area contributed by atoms with E-state index in [4.69, 9.17) is 5.73 Å². The highest BCUT2D eigenvalue weighted by Crippen LogP contribution is 2.29. The molecule has 1 saturated heterocycles. The van der Waals surface area contributed by atoms with Crippen LogP contribution in [-0.4, -0.2) is 17.0 Å². The van der Waals surface area contributed by atoms with Gasteiger partial charge in [-0.25, -0.2) is 0 Å². The van der Waals surface area contributed by atoms with Crippen molar-refractivity contribution in [2.45, 2.75) is 50.3 Å². The Bertz CT molecular complexity index is 99.7. The fourth-order valence-electron chi connectivity index (χ4n) is 1.57. The number of unbranched alkanes of at least 4 members (excludes halogenated alkanes) is 1. The third-order valence-corrected chi connectivity index (χ3v) is 3.87. The molecule has 1 fully saturated rings. The van der Waals surface area contributed by atoms with Gasteiger partial charge in [-0.15, -0.1) is 0 Å². The van der Waals surface area contributed by atoms with Crippen LogP contribution in [-0.2, 0) is 0 Å². The molecule has 2 heteroatoms. The minimum atomic E-state index is 0.474. The molecular weight excluding hydrogens is 154 g/mol. The lowest BCUT2D eigenvalue weighted by molar-refractivity contribution is 0.544. The van der Waals surface area contributed by atoms with E-state index in [0.29, 0.717) is 6.04 Å². The van der Waals surface area contributed by atoms with E-state index in [1.165, 1.54) is 37.9 Å². The lowest BCUT2D eigenvalue weighted by Crippen LogP contribution is -2.30. The topological polar surface area (TPSA) is 26.0 Å². The summed E-state index contributed by atoms with van der Waals surface area (Å²) in [5, 5.41) is 0.779. The van der Waals surface area contributed by atoms with Gasteiger partial charge in [-0.2, -0.15) is 11.8 Å². The predicted molar refractivity (Wildman–Crippen MR) is 53.0 cm³/mol. The molecule has 0 amide bonds. The molecular formula is C9H19NS. The quantitative estimate of drug-likeness (QED) is 0.706. The fraction of sp³-hybridized carbons (Fsp3) is 1.00. The monoisotopic (exact) mass is 173 g/mol. The summed E-state index contributed by atoms with van der Waals surface area (Å²) < 4.78 is 0. The van der Waals surface area contributed by atoms with Gasteiger partial charge in [0, 0.05) is 11.3 Å². The van der Waals surface area contributed by atoms with Crippen LogP contribution < -0.4 is 5.73 Å². The van der Waals surface area contributed by atoms with Crippen molar-refractivity contribution in [3.63, 3.8) is 0 Å². The summed E-state index contributed by atoms with van der Waals surface area (Å²) in [6.45, 7) is 2.23. The standard InChI is InChI=1S/C9H19NS/c1-2-3-5-8(10)9-6-4-7-11-9/h8-9H,2-7,10H2,1H3. The van der Waals surface area contributed by atoms with E-state index in [9.17, 15) is 0 Å². The molecule has 0 saturated carbocycles. The van der Waals surface area contributed by atoms with E-state index in [1.807, 2.05) is 0 Å². The second kappa shape index (κ2) is 5.04. The Hall–Kier alpha value is 0.310. The Morgan fingerprint density at radius 3 is 3.00 bits per heavy atom. The number of nitrogens with two attached hydrogens (primary N) is 1. The van der Waals surface area contributed by atoms with Crippen LogP contribution in [0.2, 0.25) is 0 Å². The van der Waals surface area contributed by atoms with E-state index >= 15 is 0 Å². The molecule has 0 bridgehead atoms. The first-order valence-corrected chi connectivity index (χ1v) is 5.76. The molecule has 2 unspecified atom stereocenters. The van der Waals surface area contributed by atoms with Gasteiger partial charge >= 0.3 is 0 Å². The lowest BCUT2D eigenvalue weighted by Gasteiger charge is -2.17. The van der Waals surface area contributed by atoms with Gasteiger partial charge in [0.15, 0.2) is 0 Å². The van der Waals surface area contributed by atoms with Crippen LogP contribution in [0.4, 0.5) is 0 Å². The maximum Gasteiger partial charge on any atom is 0.0199 e. The van der Waals surface area contributed by atoms with Crippen LogP contribution in [0.3, 0.4) is 0 Å². The van der Waals surface area contributed by atoms with Crippen LogP contribution in [0, 0.1) is 0 Å². The third-order valence-electron chi connectivity index (χ3n) is 2.33. The molecule has 2 N–H and O–H groups in total. The van der Waals surface area contributed by atoms with Crippen molar-refractivity contribution < 1.29 is 0 Å². The minimum Gasteiger partial charge on any atom is -0.327 e. The Balaban J connectivity index is 2.12. The van der Waals surface area contributed by atoms with Crippen LogP contribution in [0.5, 0.6) is 0 Å². The summed E-state index contributed by atoms with van der Waals surface area (Å²) >= 11 is 2.08. The lowest BCUT2D eigenvalue weighted by atomic mass is 10.0. The van der Waals surface area contributed by atoms with Gasteiger partial charge in [-0.1, -0.05) is 19.8 Å². The molecule has 1 nitrogen and oxygen atoms in total. The van der Waals surface area contributed by atoms with Crippen molar-refractivity contribution in [2.24, 2.45) is 5.73 Å². The molecule has 11 heavy (non-hydrogen) atoms. The molecule has 0 aromatic heterocycles. The molecule has 1 rings (SSSR count). The van der Waals surface area contributed by atoms with Crippen molar-refractivity contribution in [3.8, 4) is 0 Å². The van der Waals surface area contributed by atoms with Crippen LogP contribution >= 0.6 is 11.8 Å². The van der Waals surface area contributed by atoms with Gasteiger partial charge in [-0.05, 0) is 25.0 Å². The predicted octanol–water partition coefficient (Wildman–Crippen LogP) is 2.40. The molecule has 0 radical (unpaired) electrons. The summed E-state index contributed by atoms with van der Waals surface area (Å²) in [6.07, 6.45) is 6.56. The largest absolute Gasteiger partial charge is 0.327 e.